The molecule has 1 aliphatic rings. The Morgan fingerprint density at radius 3 is 2.67 bits per heavy atom. The average molecular weight is 283 g/mol. The molecule has 21 heavy (non-hydrogen) atoms. The second kappa shape index (κ2) is 5.78. The van der Waals surface area contributed by atoms with E-state index in [-0.39, 0.29) is 5.75 Å². The molecule has 0 heterocycles. The first-order chi connectivity index (χ1) is 10.2. The summed E-state index contributed by atoms with van der Waals surface area (Å²) in [6, 6.07) is 14.6. The fourth-order valence-electron chi connectivity index (χ4n) is 3.16. The SMILES string of the molecule is COc1ccc(CN[C@@H]2C[C@@H](C)c3ccccc32)cc1O. The van der Waals surface area contributed by atoms with Gasteiger partial charge in [0.25, 0.3) is 0 Å². The monoisotopic (exact) mass is 283 g/mol. The predicted octanol–water partition coefficient (Wildman–Crippen LogP) is 3.74. The molecular formula is C18H21NO2. The molecule has 3 rings (SSSR count). The number of aromatic hydroxyl groups is 1. The van der Waals surface area contributed by atoms with Crippen molar-refractivity contribution in [3.05, 3.63) is 59.2 Å². The fourth-order valence-corrected chi connectivity index (χ4v) is 3.16. The summed E-state index contributed by atoms with van der Waals surface area (Å²) in [5.74, 6) is 1.30. The van der Waals surface area contributed by atoms with Gasteiger partial charge in [0.1, 0.15) is 0 Å². The average Bonchev–Trinajstić information content (AvgIpc) is 2.82. The van der Waals surface area contributed by atoms with Gasteiger partial charge in [0.15, 0.2) is 11.5 Å². The highest BCUT2D eigenvalue weighted by atomic mass is 16.5. The largest absolute Gasteiger partial charge is 0.504 e. The van der Waals surface area contributed by atoms with Crippen LogP contribution >= 0.6 is 0 Å². The Morgan fingerprint density at radius 2 is 1.95 bits per heavy atom. The van der Waals surface area contributed by atoms with Crippen LogP contribution in [0.1, 0.15) is 42.0 Å². The molecule has 2 aromatic carbocycles. The topological polar surface area (TPSA) is 41.5 Å². The Morgan fingerprint density at radius 1 is 1.19 bits per heavy atom. The molecular weight excluding hydrogens is 262 g/mol. The zero-order valence-electron chi connectivity index (χ0n) is 12.5. The van der Waals surface area contributed by atoms with Gasteiger partial charge in [-0.15, -0.1) is 0 Å². The number of hydrogen-bond acceptors (Lipinski definition) is 3. The lowest BCUT2D eigenvalue weighted by Gasteiger charge is -2.15. The molecule has 0 amide bonds. The van der Waals surface area contributed by atoms with Gasteiger partial charge in [0, 0.05) is 12.6 Å². The minimum Gasteiger partial charge on any atom is -0.504 e. The molecule has 0 saturated carbocycles. The summed E-state index contributed by atoms with van der Waals surface area (Å²) < 4.78 is 5.07. The zero-order valence-corrected chi connectivity index (χ0v) is 12.5. The number of methoxy groups -OCH3 is 1. The minimum absolute atomic E-state index is 0.192. The molecule has 0 unspecified atom stereocenters. The highest BCUT2D eigenvalue weighted by Crippen LogP contribution is 2.39. The van der Waals surface area contributed by atoms with Crippen LogP contribution in [0.25, 0.3) is 0 Å². The smallest absolute Gasteiger partial charge is 0.160 e. The molecule has 0 aliphatic heterocycles. The number of ether oxygens (including phenoxy) is 1. The van der Waals surface area contributed by atoms with Crippen LogP contribution in [0.5, 0.6) is 11.5 Å². The van der Waals surface area contributed by atoms with Gasteiger partial charge in [-0.3, -0.25) is 0 Å². The number of nitrogens with one attached hydrogen (secondary N) is 1. The Kier molecular flexibility index (Phi) is 3.84. The van der Waals surface area contributed by atoms with E-state index in [1.807, 2.05) is 6.07 Å². The summed E-state index contributed by atoms with van der Waals surface area (Å²) in [5.41, 5.74) is 3.92. The third kappa shape index (κ3) is 2.74. The number of hydrogen-bond donors (Lipinski definition) is 2. The van der Waals surface area contributed by atoms with E-state index in [9.17, 15) is 5.11 Å². The molecule has 0 saturated heterocycles. The Hall–Kier alpha value is -2.00. The third-order valence-electron chi connectivity index (χ3n) is 4.29. The number of phenolic OH excluding ortho intramolecular Hbond substituents is 1. The molecule has 0 radical (unpaired) electrons. The summed E-state index contributed by atoms with van der Waals surface area (Å²) >= 11 is 0. The van der Waals surface area contributed by atoms with E-state index in [1.54, 1.807) is 19.2 Å². The van der Waals surface area contributed by atoms with Crippen molar-refractivity contribution in [2.45, 2.75) is 31.8 Å². The van der Waals surface area contributed by atoms with Crippen LogP contribution in [0.4, 0.5) is 0 Å². The van der Waals surface area contributed by atoms with E-state index in [0.717, 1.165) is 18.5 Å². The van der Waals surface area contributed by atoms with Crippen molar-refractivity contribution in [1.29, 1.82) is 0 Å². The number of benzene rings is 2. The summed E-state index contributed by atoms with van der Waals surface area (Å²) in [6.45, 7) is 3.02. The van der Waals surface area contributed by atoms with Gasteiger partial charge in [-0.05, 0) is 41.2 Å². The van der Waals surface area contributed by atoms with Gasteiger partial charge in [0.05, 0.1) is 7.11 Å². The van der Waals surface area contributed by atoms with E-state index >= 15 is 0 Å². The second-order valence-electron chi connectivity index (χ2n) is 5.71. The third-order valence-corrected chi connectivity index (χ3v) is 4.29. The summed E-state index contributed by atoms with van der Waals surface area (Å²) in [6.07, 6.45) is 1.13. The van der Waals surface area contributed by atoms with E-state index in [2.05, 4.69) is 36.5 Å². The van der Waals surface area contributed by atoms with Crippen molar-refractivity contribution in [3.8, 4) is 11.5 Å². The lowest BCUT2D eigenvalue weighted by atomic mass is 10.0. The van der Waals surface area contributed by atoms with Gasteiger partial charge in [0.2, 0.25) is 0 Å². The van der Waals surface area contributed by atoms with Gasteiger partial charge in [-0.1, -0.05) is 37.3 Å². The van der Waals surface area contributed by atoms with Gasteiger partial charge in [-0.2, -0.15) is 0 Å². The molecule has 110 valence electrons. The molecule has 3 heteroatoms. The van der Waals surface area contributed by atoms with Crippen LogP contribution in [-0.2, 0) is 6.54 Å². The first kappa shape index (κ1) is 14.0. The summed E-state index contributed by atoms with van der Waals surface area (Å²) in [4.78, 5) is 0. The predicted molar refractivity (Wildman–Crippen MR) is 83.7 cm³/mol. The summed E-state index contributed by atoms with van der Waals surface area (Å²) in [7, 11) is 1.56. The number of rotatable bonds is 4. The minimum atomic E-state index is 0.192. The normalized spacial score (nSPS) is 20.3. The lowest BCUT2D eigenvalue weighted by Crippen LogP contribution is -2.18. The standard InChI is InChI=1S/C18H21NO2/c1-12-9-16(15-6-4-3-5-14(12)15)19-11-13-7-8-18(21-2)17(20)10-13/h3-8,10,12,16,19-20H,9,11H2,1-2H3/t12-,16-/m1/s1. The van der Waals surface area contributed by atoms with E-state index in [4.69, 9.17) is 4.74 Å². The molecule has 1 aliphatic carbocycles. The van der Waals surface area contributed by atoms with Crippen LogP contribution in [0, 0.1) is 0 Å². The van der Waals surface area contributed by atoms with E-state index in [0.29, 0.717) is 17.7 Å². The maximum absolute atomic E-state index is 9.83. The summed E-state index contributed by atoms with van der Waals surface area (Å²) in [5, 5.41) is 13.4. The van der Waals surface area contributed by atoms with Crippen molar-refractivity contribution in [2.24, 2.45) is 0 Å². The number of fused-ring (bicyclic) bond motifs is 1. The Balaban J connectivity index is 1.70. The van der Waals surface area contributed by atoms with Gasteiger partial charge >= 0.3 is 0 Å². The van der Waals surface area contributed by atoms with Crippen LogP contribution in [0.3, 0.4) is 0 Å². The molecule has 0 spiro atoms. The van der Waals surface area contributed by atoms with Crippen molar-refractivity contribution in [2.75, 3.05) is 7.11 Å². The Bertz CT molecular complexity index is 639. The fraction of sp³-hybridized carbons (Fsp3) is 0.333. The lowest BCUT2D eigenvalue weighted by molar-refractivity contribution is 0.372. The highest BCUT2D eigenvalue weighted by molar-refractivity contribution is 5.42. The quantitative estimate of drug-likeness (QED) is 0.898. The first-order valence-corrected chi connectivity index (χ1v) is 7.37. The van der Waals surface area contributed by atoms with E-state index in [1.165, 1.54) is 11.1 Å². The van der Waals surface area contributed by atoms with E-state index < -0.39 is 0 Å². The first-order valence-electron chi connectivity index (χ1n) is 7.37. The molecule has 0 aromatic heterocycles. The van der Waals surface area contributed by atoms with Crippen LogP contribution in [-0.4, -0.2) is 12.2 Å². The molecule has 3 nitrogen and oxygen atoms in total. The van der Waals surface area contributed by atoms with Crippen molar-refractivity contribution in [1.82, 2.24) is 5.32 Å². The molecule has 0 fully saturated rings. The van der Waals surface area contributed by atoms with Crippen LogP contribution < -0.4 is 10.1 Å². The Labute approximate surface area is 125 Å². The molecule has 0 bridgehead atoms. The number of phenols is 1. The molecule has 2 N–H and O–H groups in total. The van der Waals surface area contributed by atoms with Crippen molar-refractivity contribution < 1.29 is 9.84 Å². The van der Waals surface area contributed by atoms with Crippen molar-refractivity contribution >= 4 is 0 Å². The van der Waals surface area contributed by atoms with Crippen LogP contribution in [0.15, 0.2) is 42.5 Å². The second-order valence-corrected chi connectivity index (χ2v) is 5.71. The highest BCUT2D eigenvalue weighted by Gasteiger charge is 2.27. The van der Waals surface area contributed by atoms with Crippen LogP contribution in [0.2, 0.25) is 0 Å². The maximum atomic E-state index is 9.83. The maximum Gasteiger partial charge on any atom is 0.160 e. The van der Waals surface area contributed by atoms with Gasteiger partial charge < -0.3 is 15.2 Å². The van der Waals surface area contributed by atoms with Gasteiger partial charge in [-0.25, -0.2) is 0 Å². The molecule has 2 atom stereocenters. The van der Waals surface area contributed by atoms with Crippen molar-refractivity contribution in [3.63, 3.8) is 0 Å². The zero-order chi connectivity index (χ0) is 14.8. The molecule has 2 aromatic rings.